The fraction of sp³-hybridized carbons (Fsp3) is 0.133. The number of hydrogen-bond donors (Lipinski definition) is 2. The van der Waals surface area contributed by atoms with Gasteiger partial charge in [-0.05, 0) is 36.8 Å². The Balaban J connectivity index is 2.11. The molecule has 0 saturated heterocycles. The number of carboxylic acids is 1. The second kappa shape index (κ2) is 5.97. The molecule has 102 valence electrons. The van der Waals surface area contributed by atoms with Crippen molar-refractivity contribution in [2.45, 2.75) is 13.3 Å². The van der Waals surface area contributed by atoms with E-state index in [9.17, 15) is 9.59 Å². The van der Waals surface area contributed by atoms with Gasteiger partial charge < -0.3 is 10.4 Å². The topological polar surface area (TPSA) is 79.3 Å². The van der Waals surface area contributed by atoms with Crippen molar-refractivity contribution in [3.8, 4) is 0 Å². The van der Waals surface area contributed by atoms with Crippen molar-refractivity contribution in [3.05, 3.63) is 59.4 Å². The van der Waals surface area contributed by atoms with Crippen LogP contribution in [0, 0.1) is 6.92 Å². The Labute approximate surface area is 116 Å². The highest BCUT2D eigenvalue weighted by atomic mass is 16.4. The molecule has 5 heteroatoms. The Morgan fingerprint density at radius 2 is 2.05 bits per heavy atom. The van der Waals surface area contributed by atoms with E-state index in [0.29, 0.717) is 11.4 Å². The average Bonchev–Trinajstić information content (AvgIpc) is 2.42. The van der Waals surface area contributed by atoms with Gasteiger partial charge in [0.25, 0.3) is 0 Å². The van der Waals surface area contributed by atoms with Crippen molar-refractivity contribution in [1.29, 1.82) is 0 Å². The third kappa shape index (κ3) is 3.41. The first-order chi connectivity index (χ1) is 9.56. The molecule has 0 aliphatic heterocycles. The van der Waals surface area contributed by atoms with Gasteiger partial charge in [0.05, 0.1) is 12.0 Å². The zero-order chi connectivity index (χ0) is 14.5. The van der Waals surface area contributed by atoms with Crippen molar-refractivity contribution in [2.75, 3.05) is 5.32 Å². The van der Waals surface area contributed by atoms with E-state index in [4.69, 9.17) is 5.11 Å². The molecule has 2 rings (SSSR count). The van der Waals surface area contributed by atoms with Gasteiger partial charge in [0.15, 0.2) is 0 Å². The number of carbonyl (C=O) groups is 2. The highest BCUT2D eigenvalue weighted by molar-refractivity contribution is 5.95. The lowest BCUT2D eigenvalue weighted by Crippen LogP contribution is -2.16. The van der Waals surface area contributed by atoms with E-state index in [1.807, 2.05) is 13.0 Å². The molecular weight excluding hydrogens is 256 g/mol. The number of benzene rings is 1. The Kier molecular flexibility index (Phi) is 4.10. The van der Waals surface area contributed by atoms with E-state index in [0.717, 1.165) is 5.56 Å². The molecule has 2 N–H and O–H groups in total. The van der Waals surface area contributed by atoms with E-state index in [1.165, 1.54) is 12.1 Å². The maximum absolute atomic E-state index is 11.9. The summed E-state index contributed by atoms with van der Waals surface area (Å²) in [5.74, 6) is -1.25. The summed E-state index contributed by atoms with van der Waals surface area (Å²) in [4.78, 5) is 26.9. The van der Waals surface area contributed by atoms with Crippen LogP contribution in [0.4, 0.5) is 5.69 Å². The second-order valence-corrected chi connectivity index (χ2v) is 4.38. The van der Waals surface area contributed by atoms with Gasteiger partial charge in [0.2, 0.25) is 5.91 Å². The number of nitrogens with one attached hydrogen (secondary N) is 1. The van der Waals surface area contributed by atoms with Gasteiger partial charge in [-0.25, -0.2) is 4.79 Å². The van der Waals surface area contributed by atoms with Crippen LogP contribution in [-0.2, 0) is 11.2 Å². The van der Waals surface area contributed by atoms with Crippen molar-refractivity contribution < 1.29 is 14.7 Å². The minimum Gasteiger partial charge on any atom is -0.478 e. The van der Waals surface area contributed by atoms with Crippen LogP contribution in [0.2, 0.25) is 0 Å². The highest BCUT2D eigenvalue weighted by Gasteiger charge is 2.10. The summed E-state index contributed by atoms with van der Waals surface area (Å²) in [5.41, 5.74) is 2.12. The molecule has 2 aromatic rings. The number of amides is 1. The van der Waals surface area contributed by atoms with E-state index in [1.54, 1.807) is 24.4 Å². The summed E-state index contributed by atoms with van der Waals surface area (Å²) in [6, 6.07) is 9.98. The van der Waals surface area contributed by atoms with E-state index in [-0.39, 0.29) is 17.9 Å². The Hall–Kier alpha value is -2.69. The number of anilines is 1. The molecule has 0 fully saturated rings. The van der Waals surface area contributed by atoms with Gasteiger partial charge in [0, 0.05) is 17.6 Å². The third-order valence-corrected chi connectivity index (χ3v) is 2.83. The molecule has 0 unspecified atom stereocenters. The molecule has 0 aliphatic rings. The minimum absolute atomic E-state index is 0.142. The van der Waals surface area contributed by atoms with E-state index in [2.05, 4.69) is 10.3 Å². The minimum atomic E-state index is -1.02. The zero-order valence-electron chi connectivity index (χ0n) is 11.0. The Morgan fingerprint density at radius 1 is 1.25 bits per heavy atom. The van der Waals surface area contributed by atoms with Gasteiger partial charge in [-0.2, -0.15) is 0 Å². The molecule has 1 aromatic heterocycles. The predicted octanol–water partition coefficient (Wildman–Crippen LogP) is 2.27. The molecule has 1 amide bonds. The van der Waals surface area contributed by atoms with Gasteiger partial charge in [-0.3, -0.25) is 9.78 Å². The Morgan fingerprint density at radius 3 is 2.70 bits per heavy atom. The first kappa shape index (κ1) is 13.7. The number of carbonyl (C=O) groups excluding carboxylic acids is 1. The number of pyridine rings is 1. The number of aryl methyl sites for hydroxylation is 1. The maximum Gasteiger partial charge on any atom is 0.335 e. The first-order valence-corrected chi connectivity index (χ1v) is 6.10. The maximum atomic E-state index is 11.9. The van der Waals surface area contributed by atoms with Crippen LogP contribution in [0.25, 0.3) is 0 Å². The summed E-state index contributed by atoms with van der Waals surface area (Å²) >= 11 is 0. The summed E-state index contributed by atoms with van der Waals surface area (Å²) in [7, 11) is 0. The molecule has 0 radical (unpaired) electrons. The quantitative estimate of drug-likeness (QED) is 0.893. The van der Waals surface area contributed by atoms with Crippen LogP contribution in [0.15, 0.2) is 42.6 Å². The number of rotatable bonds is 4. The number of aromatic carboxylic acids is 1. The van der Waals surface area contributed by atoms with Crippen molar-refractivity contribution in [3.63, 3.8) is 0 Å². The second-order valence-electron chi connectivity index (χ2n) is 4.38. The summed E-state index contributed by atoms with van der Waals surface area (Å²) in [5, 5.41) is 11.7. The van der Waals surface area contributed by atoms with Crippen molar-refractivity contribution in [2.24, 2.45) is 0 Å². The van der Waals surface area contributed by atoms with Crippen LogP contribution < -0.4 is 5.32 Å². The molecular formula is C15H14N2O3. The summed E-state index contributed by atoms with van der Waals surface area (Å²) in [6.07, 6.45) is 1.77. The average molecular weight is 270 g/mol. The van der Waals surface area contributed by atoms with Crippen LogP contribution >= 0.6 is 0 Å². The van der Waals surface area contributed by atoms with Crippen LogP contribution in [0.3, 0.4) is 0 Å². The lowest BCUT2D eigenvalue weighted by molar-refractivity contribution is -0.115. The number of nitrogens with zero attached hydrogens (tertiary/aromatic N) is 1. The van der Waals surface area contributed by atoms with Crippen LogP contribution in [0.5, 0.6) is 0 Å². The normalized spacial score (nSPS) is 10.1. The fourth-order valence-electron chi connectivity index (χ4n) is 1.75. The largest absolute Gasteiger partial charge is 0.478 e. The summed E-state index contributed by atoms with van der Waals surface area (Å²) < 4.78 is 0. The molecule has 0 saturated carbocycles. The molecule has 0 bridgehead atoms. The monoisotopic (exact) mass is 270 g/mol. The molecule has 0 aliphatic carbocycles. The number of hydrogen-bond acceptors (Lipinski definition) is 3. The fourth-order valence-corrected chi connectivity index (χ4v) is 1.75. The van der Waals surface area contributed by atoms with Gasteiger partial charge in [-0.1, -0.05) is 12.1 Å². The molecule has 1 heterocycles. The van der Waals surface area contributed by atoms with Gasteiger partial charge >= 0.3 is 5.97 Å². The van der Waals surface area contributed by atoms with Crippen molar-refractivity contribution >= 4 is 17.6 Å². The SMILES string of the molecule is Cc1ccc(C(=O)O)cc1NC(=O)Cc1ccccn1. The standard InChI is InChI=1S/C15H14N2O3/c1-10-5-6-11(15(19)20)8-13(10)17-14(18)9-12-4-2-3-7-16-12/h2-8H,9H2,1H3,(H,17,18)(H,19,20). The third-order valence-electron chi connectivity index (χ3n) is 2.83. The predicted molar refractivity (Wildman–Crippen MR) is 74.7 cm³/mol. The van der Waals surface area contributed by atoms with E-state index >= 15 is 0 Å². The number of aromatic nitrogens is 1. The summed E-state index contributed by atoms with van der Waals surface area (Å²) in [6.45, 7) is 1.81. The highest BCUT2D eigenvalue weighted by Crippen LogP contribution is 2.17. The number of carboxylic acid groups (broad SMARTS) is 1. The molecule has 0 atom stereocenters. The van der Waals surface area contributed by atoms with Gasteiger partial charge in [0.1, 0.15) is 0 Å². The molecule has 1 aromatic carbocycles. The Bertz CT molecular complexity index is 639. The van der Waals surface area contributed by atoms with Gasteiger partial charge in [-0.15, -0.1) is 0 Å². The first-order valence-electron chi connectivity index (χ1n) is 6.10. The van der Waals surface area contributed by atoms with Crippen LogP contribution in [0.1, 0.15) is 21.6 Å². The van der Waals surface area contributed by atoms with E-state index < -0.39 is 5.97 Å². The molecule has 20 heavy (non-hydrogen) atoms. The zero-order valence-corrected chi connectivity index (χ0v) is 11.0. The lowest BCUT2D eigenvalue weighted by Gasteiger charge is -2.09. The van der Waals surface area contributed by atoms with Crippen LogP contribution in [-0.4, -0.2) is 22.0 Å². The lowest BCUT2D eigenvalue weighted by atomic mass is 10.1. The smallest absolute Gasteiger partial charge is 0.335 e. The molecule has 0 spiro atoms. The molecule has 5 nitrogen and oxygen atoms in total. The van der Waals surface area contributed by atoms with Crippen molar-refractivity contribution in [1.82, 2.24) is 4.98 Å².